The number of alkyl halides is 1. The molecule has 1 fully saturated rings. The van der Waals surface area contributed by atoms with Crippen molar-refractivity contribution in [2.75, 3.05) is 11.9 Å². The highest BCUT2D eigenvalue weighted by molar-refractivity contribution is 9.09. The lowest BCUT2D eigenvalue weighted by Crippen LogP contribution is -2.30. The van der Waals surface area contributed by atoms with Crippen molar-refractivity contribution in [2.24, 2.45) is 5.41 Å². The van der Waals surface area contributed by atoms with Gasteiger partial charge < -0.3 is 5.32 Å². The third-order valence-electron chi connectivity index (χ3n) is 3.57. The first-order chi connectivity index (χ1) is 9.12. The molecule has 0 spiro atoms. The Hall–Kier alpha value is -0.940. The molecule has 19 heavy (non-hydrogen) atoms. The monoisotopic (exact) mass is 341 g/mol. The van der Waals surface area contributed by atoms with E-state index in [9.17, 15) is 9.18 Å². The minimum atomic E-state index is -0.266. The van der Waals surface area contributed by atoms with Crippen molar-refractivity contribution in [2.45, 2.75) is 12.8 Å². The van der Waals surface area contributed by atoms with Crippen molar-refractivity contribution < 1.29 is 9.18 Å². The third kappa shape index (κ3) is 2.67. The summed E-state index contributed by atoms with van der Waals surface area (Å²) in [6.45, 7) is 0.708. The Morgan fingerprint density at radius 1 is 1.42 bits per heavy atom. The summed E-state index contributed by atoms with van der Waals surface area (Å²) in [5.74, 6) is -0.327. The molecule has 1 amide bonds. The summed E-state index contributed by atoms with van der Waals surface area (Å²) in [6.07, 6.45) is 2.33. The standard InChI is InChI=1S/C14H13BrFNOS/c15-7-14(3-4-14)8-17-13(18)12-5-9-1-2-10(16)6-11(9)19-12/h1-2,5-6H,3-4,7-8H2,(H,17,18). The first-order valence-electron chi connectivity index (χ1n) is 6.15. The number of halogens is 2. The van der Waals surface area contributed by atoms with Crippen molar-refractivity contribution in [3.8, 4) is 0 Å². The molecule has 5 heteroatoms. The van der Waals surface area contributed by atoms with Crippen molar-refractivity contribution in [3.05, 3.63) is 35.0 Å². The summed E-state index contributed by atoms with van der Waals surface area (Å²) in [5.41, 5.74) is 0.262. The summed E-state index contributed by atoms with van der Waals surface area (Å²) in [7, 11) is 0. The van der Waals surface area contributed by atoms with Crippen LogP contribution in [0.1, 0.15) is 22.5 Å². The van der Waals surface area contributed by atoms with E-state index in [1.165, 1.54) is 23.5 Å². The number of fused-ring (bicyclic) bond motifs is 1. The van der Waals surface area contributed by atoms with Crippen LogP contribution in [0.5, 0.6) is 0 Å². The van der Waals surface area contributed by atoms with E-state index in [4.69, 9.17) is 0 Å². The second-order valence-corrected chi connectivity index (χ2v) is 6.75. The molecule has 0 aliphatic heterocycles. The molecule has 1 aromatic carbocycles. The lowest BCUT2D eigenvalue weighted by atomic mass is 10.1. The van der Waals surface area contributed by atoms with Gasteiger partial charge in [-0.3, -0.25) is 4.79 Å². The van der Waals surface area contributed by atoms with Crippen molar-refractivity contribution in [3.63, 3.8) is 0 Å². The highest BCUT2D eigenvalue weighted by Gasteiger charge is 2.41. The Kier molecular flexibility index (Phi) is 3.35. The molecule has 3 rings (SSSR count). The number of carbonyl (C=O) groups excluding carboxylic acids is 1. The van der Waals surface area contributed by atoms with Gasteiger partial charge in [-0.25, -0.2) is 4.39 Å². The fourth-order valence-electron chi connectivity index (χ4n) is 2.01. The van der Waals surface area contributed by atoms with Crippen molar-refractivity contribution >= 4 is 43.3 Å². The molecule has 1 heterocycles. The van der Waals surface area contributed by atoms with Gasteiger partial charge in [0.25, 0.3) is 5.91 Å². The van der Waals surface area contributed by atoms with E-state index in [-0.39, 0.29) is 17.1 Å². The van der Waals surface area contributed by atoms with Crippen LogP contribution < -0.4 is 5.32 Å². The van der Waals surface area contributed by atoms with Crippen LogP contribution in [0, 0.1) is 11.2 Å². The first kappa shape index (κ1) is 13.1. The Bertz CT molecular complexity index is 635. The highest BCUT2D eigenvalue weighted by Crippen LogP contribution is 2.46. The fourth-order valence-corrected chi connectivity index (χ4v) is 3.77. The number of hydrogen-bond acceptors (Lipinski definition) is 2. The number of amides is 1. The number of rotatable bonds is 4. The zero-order valence-corrected chi connectivity index (χ0v) is 12.6. The van der Waals surface area contributed by atoms with Crippen LogP contribution in [-0.4, -0.2) is 17.8 Å². The molecule has 1 aliphatic rings. The van der Waals surface area contributed by atoms with E-state index in [0.29, 0.717) is 11.4 Å². The molecular weight excluding hydrogens is 329 g/mol. The lowest BCUT2D eigenvalue weighted by molar-refractivity contribution is 0.0950. The summed E-state index contributed by atoms with van der Waals surface area (Å²) in [5, 5.41) is 4.82. The average molecular weight is 342 g/mol. The van der Waals surface area contributed by atoms with Crippen LogP contribution >= 0.6 is 27.3 Å². The van der Waals surface area contributed by atoms with Gasteiger partial charge in [-0.1, -0.05) is 22.0 Å². The van der Waals surface area contributed by atoms with Crippen molar-refractivity contribution in [1.29, 1.82) is 0 Å². The van der Waals surface area contributed by atoms with Gasteiger partial charge in [0.2, 0.25) is 0 Å². The normalized spacial score (nSPS) is 16.5. The Labute approximate surface area is 123 Å². The maximum atomic E-state index is 13.1. The summed E-state index contributed by atoms with van der Waals surface area (Å²) >= 11 is 4.82. The second-order valence-electron chi connectivity index (χ2n) is 5.11. The molecule has 1 saturated carbocycles. The molecular formula is C14H13BrFNOS. The number of carbonyl (C=O) groups is 1. The predicted octanol–water partition coefficient (Wildman–Crippen LogP) is 3.95. The maximum Gasteiger partial charge on any atom is 0.261 e. The van der Waals surface area contributed by atoms with Gasteiger partial charge in [-0.2, -0.15) is 0 Å². The van der Waals surface area contributed by atoms with Gasteiger partial charge in [0.1, 0.15) is 5.82 Å². The largest absolute Gasteiger partial charge is 0.351 e. The van der Waals surface area contributed by atoms with Crippen LogP contribution in [0.2, 0.25) is 0 Å². The molecule has 0 radical (unpaired) electrons. The molecule has 0 saturated heterocycles. The molecule has 2 aromatic rings. The number of thiophene rings is 1. The zero-order chi connectivity index (χ0) is 13.5. The van der Waals surface area contributed by atoms with Crippen LogP contribution in [0.25, 0.3) is 10.1 Å². The van der Waals surface area contributed by atoms with Gasteiger partial charge in [-0.05, 0) is 41.8 Å². The minimum Gasteiger partial charge on any atom is -0.351 e. The molecule has 1 aliphatic carbocycles. The predicted molar refractivity (Wildman–Crippen MR) is 79.6 cm³/mol. The number of nitrogens with one attached hydrogen (secondary N) is 1. The number of benzene rings is 1. The third-order valence-corrected chi connectivity index (χ3v) is 5.86. The van der Waals surface area contributed by atoms with Gasteiger partial charge >= 0.3 is 0 Å². The summed E-state index contributed by atoms with van der Waals surface area (Å²) in [4.78, 5) is 12.7. The van der Waals surface area contributed by atoms with E-state index in [2.05, 4.69) is 21.2 Å². The van der Waals surface area contributed by atoms with Crippen LogP contribution in [0.4, 0.5) is 4.39 Å². The van der Waals surface area contributed by atoms with Crippen molar-refractivity contribution in [1.82, 2.24) is 5.32 Å². The zero-order valence-electron chi connectivity index (χ0n) is 10.2. The number of hydrogen-bond donors (Lipinski definition) is 1. The molecule has 0 unspecified atom stereocenters. The first-order valence-corrected chi connectivity index (χ1v) is 8.09. The van der Waals surface area contributed by atoms with Crippen LogP contribution in [0.3, 0.4) is 0 Å². The van der Waals surface area contributed by atoms with E-state index < -0.39 is 0 Å². The molecule has 2 nitrogen and oxygen atoms in total. The quantitative estimate of drug-likeness (QED) is 0.838. The maximum absolute atomic E-state index is 13.1. The van der Waals surface area contributed by atoms with E-state index >= 15 is 0 Å². The Morgan fingerprint density at radius 2 is 2.21 bits per heavy atom. The molecule has 1 aromatic heterocycles. The summed E-state index contributed by atoms with van der Waals surface area (Å²) < 4.78 is 13.9. The summed E-state index contributed by atoms with van der Waals surface area (Å²) in [6, 6.07) is 6.42. The van der Waals surface area contributed by atoms with E-state index in [1.807, 2.05) is 6.07 Å². The van der Waals surface area contributed by atoms with E-state index in [1.54, 1.807) is 6.07 Å². The van der Waals surface area contributed by atoms with E-state index in [0.717, 1.165) is 28.3 Å². The SMILES string of the molecule is O=C(NCC1(CBr)CC1)c1cc2ccc(F)cc2s1. The van der Waals surface area contributed by atoms with Crippen LogP contribution in [-0.2, 0) is 0 Å². The molecule has 100 valence electrons. The van der Waals surface area contributed by atoms with Gasteiger partial charge in [0.15, 0.2) is 0 Å². The molecule has 1 N–H and O–H groups in total. The second kappa shape index (κ2) is 4.87. The lowest BCUT2D eigenvalue weighted by Gasteiger charge is -2.11. The topological polar surface area (TPSA) is 29.1 Å². The average Bonchev–Trinajstić information content (AvgIpc) is 3.07. The molecule has 0 atom stereocenters. The van der Waals surface area contributed by atoms with Gasteiger partial charge in [0.05, 0.1) is 4.88 Å². The smallest absolute Gasteiger partial charge is 0.261 e. The van der Waals surface area contributed by atoms with Crippen LogP contribution in [0.15, 0.2) is 24.3 Å². The minimum absolute atomic E-state index is 0.0613. The molecule has 0 bridgehead atoms. The fraction of sp³-hybridized carbons (Fsp3) is 0.357. The van der Waals surface area contributed by atoms with Gasteiger partial charge in [0, 0.05) is 16.6 Å². The van der Waals surface area contributed by atoms with Gasteiger partial charge in [-0.15, -0.1) is 11.3 Å². The Morgan fingerprint density at radius 3 is 2.89 bits per heavy atom. The highest BCUT2D eigenvalue weighted by atomic mass is 79.9. The Balaban J connectivity index is 1.74.